The summed E-state index contributed by atoms with van der Waals surface area (Å²) < 4.78 is 5.27. The number of carbonyl (C=O) groups excluding carboxylic acids is 1. The molecule has 0 radical (unpaired) electrons. The SMILES string of the molecule is C=C(C)Oc1ccc(C(=O)c2ccccc2)c(O)c1. The van der Waals surface area contributed by atoms with Gasteiger partial charge in [-0.25, -0.2) is 0 Å². The predicted octanol–water partition coefficient (Wildman–Crippen LogP) is 3.54. The van der Waals surface area contributed by atoms with Crippen molar-refractivity contribution in [1.82, 2.24) is 0 Å². The van der Waals surface area contributed by atoms with Gasteiger partial charge in [-0.2, -0.15) is 0 Å². The average Bonchev–Trinajstić information content (AvgIpc) is 2.38. The van der Waals surface area contributed by atoms with E-state index in [2.05, 4.69) is 6.58 Å². The molecule has 0 aliphatic heterocycles. The zero-order chi connectivity index (χ0) is 13.8. The first-order valence-electron chi connectivity index (χ1n) is 5.84. The van der Waals surface area contributed by atoms with Crippen molar-refractivity contribution >= 4 is 5.78 Å². The molecule has 0 unspecified atom stereocenters. The highest BCUT2D eigenvalue weighted by Gasteiger charge is 2.13. The highest BCUT2D eigenvalue weighted by atomic mass is 16.5. The number of benzene rings is 2. The highest BCUT2D eigenvalue weighted by molar-refractivity contribution is 6.10. The fourth-order valence-electron chi connectivity index (χ4n) is 1.71. The Morgan fingerprint density at radius 1 is 1.16 bits per heavy atom. The molecular formula is C16H14O3. The second-order valence-electron chi connectivity index (χ2n) is 4.18. The van der Waals surface area contributed by atoms with Crippen molar-refractivity contribution in [2.24, 2.45) is 0 Å². The second kappa shape index (κ2) is 5.40. The Hall–Kier alpha value is -2.55. The van der Waals surface area contributed by atoms with Crippen LogP contribution in [0.25, 0.3) is 0 Å². The molecule has 0 saturated carbocycles. The summed E-state index contributed by atoms with van der Waals surface area (Å²) in [5, 5.41) is 9.91. The number of rotatable bonds is 4. The van der Waals surface area contributed by atoms with E-state index in [9.17, 15) is 9.90 Å². The molecule has 0 atom stereocenters. The fraction of sp³-hybridized carbons (Fsp3) is 0.0625. The van der Waals surface area contributed by atoms with Crippen LogP contribution in [0.15, 0.2) is 60.9 Å². The van der Waals surface area contributed by atoms with Crippen LogP contribution < -0.4 is 4.74 Å². The third-order valence-corrected chi connectivity index (χ3v) is 2.54. The number of hydrogen-bond acceptors (Lipinski definition) is 3. The van der Waals surface area contributed by atoms with E-state index in [1.165, 1.54) is 6.07 Å². The van der Waals surface area contributed by atoms with Crippen LogP contribution >= 0.6 is 0 Å². The molecule has 19 heavy (non-hydrogen) atoms. The third kappa shape index (κ3) is 3.01. The molecule has 96 valence electrons. The minimum absolute atomic E-state index is 0.104. The Balaban J connectivity index is 2.31. The number of hydrogen-bond donors (Lipinski definition) is 1. The van der Waals surface area contributed by atoms with Gasteiger partial charge in [-0.3, -0.25) is 4.79 Å². The van der Waals surface area contributed by atoms with E-state index in [-0.39, 0.29) is 17.1 Å². The Kier molecular flexibility index (Phi) is 3.66. The minimum Gasteiger partial charge on any atom is -0.507 e. The smallest absolute Gasteiger partial charge is 0.196 e. The standard InChI is InChI=1S/C16H14O3/c1-11(2)19-13-8-9-14(15(17)10-13)16(18)12-6-4-3-5-7-12/h3-10,17H,1H2,2H3. The molecule has 0 aliphatic rings. The van der Waals surface area contributed by atoms with Crippen molar-refractivity contribution in [3.05, 3.63) is 72.0 Å². The summed E-state index contributed by atoms with van der Waals surface area (Å²) in [6.07, 6.45) is 0. The summed E-state index contributed by atoms with van der Waals surface area (Å²) in [6.45, 7) is 5.32. The first kappa shape index (κ1) is 12.9. The number of phenolic OH excluding ortho intramolecular Hbond substituents is 1. The van der Waals surface area contributed by atoms with Gasteiger partial charge in [0.05, 0.1) is 11.3 Å². The number of aromatic hydroxyl groups is 1. The molecule has 0 bridgehead atoms. The maximum Gasteiger partial charge on any atom is 0.196 e. The molecule has 0 fully saturated rings. The zero-order valence-electron chi connectivity index (χ0n) is 10.6. The van der Waals surface area contributed by atoms with Crippen LogP contribution in [0.4, 0.5) is 0 Å². The normalized spacial score (nSPS) is 9.95. The fourth-order valence-corrected chi connectivity index (χ4v) is 1.71. The number of carbonyl (C=O) groups is 1. The van der Waals surface area contributed by atoms with Gasteiger partial charge < -0.3 is 9.84 Å². The van der Waals surface area contributed by atoms with Crippen molar-refractivity contribution in [3.8, 4) is 11.5 Å². The van der Waals surface area contributed by atoms with E-state index in [1.807, 2.05) is 6.07 Å². The molecule has 0 heterocycles. The van der Waals surface area contributed by atoms with Gasteiger partial charge in [-0.1, -0.05) is 36.9 Å². The Bertz CT molecular complexity index is 615. The van der Waals surface area contributed by atoms with Crippen LogP contribution in [0.2, 0.25) is 0 Å². The number of ether oxygens (including phenoxy) is 1. The first-order valence-corrected chi connectivity index (χ1v) is 5.84. The van der Waals surface area contributed by atoms with Crippen molar-refractivity contribution in [2.45, 2.75) is 6.92 Å². The van der Waals surface area contributed by atoms with Crippen LogP contribution in [-0.2, 0) is 0 Å². The van der Waals surface area contributed by atoms with Crippen LogP contribution in [0.3, 0.4) is 0 Å². The van der Waals surface area contributed by atoms with Crippen molar-refractivity contribution in [3.63, 3.8) is 0 Å². The Morgan fingerprint density at radius 2 is 1.84 bits per heavy atom. The lowest BCUT2D eigenvalue weighted by Gasteiger charge is -2.08. The van der Waals surface area contributed by atoms with Gasteiger partial charge >= 0.3 is 0 Å². The monoisotopic (exact) mass is 254 g/mol. The quantitative estimate of drug-likeness (QED) is 0.670. The lowest BCUT2D eigenvalue weighted by atomic mass is 10.0. The van der Waals surface area contributed by atoms with Gasteiger partial charge in [0.1, 0.15) is 11.5 Å². The number of allylic oxidation sites excluding steroid dienone is 1. The van der Waals surface area contributed by atoms with Crippen molar-refractivity contribution < 1.29 is 14.6 Å². The third-order valence-electron chi connectivity index (χ3n) is 2.54. The lowest BCUT2D eigenvalue weighted by molar-refractivity contribution is 0.103. The van der Waals surface area contributed by atoms with E-state index in [1.54, 1.807) is 43.3 Å². The van der Waals surface area contributed by atoms with Gasteiger partial charge in [-0.15, -0.1) is 0 Å². The molecule has 2 aromatic rings. The van der Waals surface area contributed by atoms with E-state index in [0.717, 1.165) is 0 Å². The maximum atomic E-state index is 12.2. The predicted molar refractivity (Wildman–Crippen MR) is 73.4 cm³/mol. The van der Waals surface area contributed by atoms with E-state index < -0.39 is 0 Å². The summed E-state index contributed by atoms with van der Waals surface area (Å²) in [5.74, 6) is 0.642. The van der Waals surface area contributed by atoms with Gasteiger partial charge in [0.2, 0.25) is 0 Å². The molecule has 0 aliphatic carbocycles. The van der Waals surface area contributed by atoms with Gasteiger partial charge in [0.15, 0.2) is 5.78 Å². The molecular weight excluding hydrogens is 240 g/mol. The Labute approximate surface area is 111 Å². The summed E-state index contributed by atoms with van der Waals surface area (Å²) in [5.41, 5.74) is 0.784. The molecule has 2 aromatic carbocycles. The summed E-state index contributed by atoms with van der Waals surface area (Å²) in [6, 6.07) is 13.4. The minimum atomic E-state index is -0.222. The van der Waals surface area contributed by atoms with Gasteiger partial charge in [0.25, 0.3) is 0 Å². The lowest BCUT2D eigenvalue weighted by Crippen LogP contribution is -2.01. The molecule has 3 nitrogen and oxygen atoms in total. The molecule has 0 amide bonds. The Morgan fingerprint density at radius 3 is 2.42 bits per heavy atom. The molecule has 0 saturated heterocycles. The van der Waals surface area contributed by atoms with Crippen molar-refractivity contribution in [2.75, 3.05) is 0 Å². The molecule has 1 N–H and O–H groups in total. The molecule has 3 heteroatoms. The number of phenols is 1. The largest absolute Gasteiger partial charge is 0.507 e. The van der Waals surface area contributed by atoms with Gasteiger partial charge in [-0.05, 0) is 19.1 Å². The maximum absolute atomic E-state index is 12.2. The summed E-state index contributed by atoms with van der Waals surface area (Å²) in [7, 11) is 0. The zero-order valence-corrected chi connectivity index (χ0v) is 10.6. The van der Waals surface area contributed by atoms with Gasteiger partial charge in [0, 0.05) is 11.6 Å². The van der Waals surface area contributed by atoms with Crippen LogP contribution in [0.5, 0.6) is 11.5 Å². The average molecular weight is 254 g/mol. The van der Waals surface area contributed by atoms with E-state index in [4.69, 9.17) is 4.74 Å². The first-order chi connectivity index (χ1) is 9.08. The molecule has 2 rings (SSSR count). The van der Waals surface area contributed by atoms with Crippen LogP contribution in [0.1, 0.15) is 22.8 Å². The van der Waals surface area contributed by atoms with Crippen LogP contribution in [-0.4, -0.2) is 10.9 Å². The topological polar surface area (TPSA) is 46.5 Å². The van der Waals surface area contributed by atoms with E-state index in [0.29, 0.717) is 17.1 Å². The number of ketones is 1. The molecule has 0 aromatic heterocycles. The summed E-state index contributed by atoms with van der Waals surface area (Å²) in [4.78, 5) is 12.2. The van der Waals surface area contributed by atoms with Crippen molar-refractivity contribution in [1.29, 1.82) is 0 Å². The highest BCUT2D eigenvalue weighted by Crippen LogP contribution is 2.26. The second-order valence-corrected chi connectivity index (χ2v) is 4.18. The summed E-state index contributed by atoms with van der Waals surface area (Å²) >= 11 is 0. The molecule has 0 spiro atoms. The van der Waals surface area contributed by atoms with Crippen LogP contribution in [0, 0.1) is 0 Å². The van der Waals surface area contributed by atoms with E-state index >= 15 is 0 Å².